The van der Waals surface area contributed by atoms with Crippen molar-refractivity contribution in [3.8, 4) is 11.5 Å². The Hall–Kier alpha value is -3.22. The van der Waals surface area contributed by atoms with Crippen LogP contribution in [0.3, 0.4) is 0 Å². The second-order valence-corrected chi connectivity index (χ2v) is 5.85. The van der Waals surface area contributed by atoms with Crippen molar-refractivity contribution in [3.05, 3.63) is 65.4 Å². The summed E-state index contributed by atoms with van der Waals surface area (Å²) in [4.78, 5) is 17.0. The molecule has 27 heavy (non-hydrogen) atoms. The third kappa shape index (κ3) is 4.31. The van der Waals surface area contributed by atoms with Crippen molar-refractivity contribution in [3.63, 3.8) is 0 Å². The molecule has 3 aromatic rings. The Bertz CT molecular complexity index is 977. The SMILES string of the molecule is COc1ccc2nc(C)c(C(=O)NCc3ccccc3OC(F)F)cc2c1. The van der Waals surface area contributed by atoms with Crippen LogP contribution in [0.1, 0.15) is 21.6 Å². The van der Waals surface area contributed by atoms with Crippen LogP contribution >= 0.6 is 0 Å². The van der Waals surface area contributed by atoms with Crippen LogP contribution in [0.5, 0.6) is 11.5 Å². The van der Waals surface area contributed by atoms with Gasteiger partial charge in [0.15, 0.2) is 0 Å². The third-order valence-corrected chi connectivity index (χ3v) is 4.09. The quantitative estimate of drug-likeness (QED) is 0.708. The fourth-order valence-corrected chi connectivity index (χ4v) is 2.74. The van der Waals surface area contributed by atoms with E-state index in [1.54, 1.807) is 50.4 Å². The first-order chi connectivity index (χ1) is 13.0. The van der Waals surface area contributed by atoms with Crippen molar-refractivity contribution in [2.75, 3.05) is 7.11 Å². The number of amides is 1. The van der Waals surface area contributed by atoms with E-state index in [2.05, 4.69) is 15.0 Å². The topological polar surface area (TPSA) is 60.5 Å². The van der Waals surface area contributed by atoms with Crippen LogP contribution in [-0.4, -0.2) is 24.6 Å². The second-order valence-electron chi connectivity index (χ2n) is 5.85. The molecular weight excluding hydrogens is 354 g/mol. The number of benzene rings is 2. The van der Waals surface area contributed by atoms with Gasteiger partial charge in [0.1, 0.15) is 11.5 Å². The summed E-state index contributed by atoms with van der Waals surface area (Å²) < 4.78 is 34.7. The lowest BCUT2D eigenvalue weighted by atomic mass is 10.1. The van der Waals surface area contributed by atoms with E-state index in [9.17, 15) is 13.6 Å². The monoisotopic (exact) mass is 372 g/mol. The molecule has 0 radical (unpaired) electrons. The molecule has 0 aliphatic carbocycles. The van der Waals surface area contributed by atoms with Gasteiger partial charge in [0.05, 0.1) is 23.9 Å². The van der Waals surface area contributed by atoms with Crippen LogP contribution in [0.25, 0.3) is 10.9 Å². The first-order valence-corrected chi connectivity index (χ1v) is 8.24. The second kappa shape index (κ2) is 7.99. The number of nitrogens with one attached hydrogen (secondary N) is 1. The number of ether oxygens (including phenoxy) is 2. The molecule has 1 heterocycles. The molecule has 0 saturated carbocycles. The first kappa shape index (κ1) is 18.6. The number of carbonyl (C=O) groups is 1. The molecule has 1 aromatic heterocycles. The van der Waals surface area contributed by atoms with Crippen molar-refractivity contribution < 1.29 is 23.0 Å². The standard InChI is InChI=1S/C20H18F2N2O3/c1-12-16(10-14-9-15(26-2)7-8-17(14)24-12)19(25)23-11-13-5-3-4-6-18(13)27-20(21)22/h3-10,20H,11H2,1-2H3,(H,23,25). The number of alkyl halides is 2. The number of methoxy groups -OCH3 is 1. The molecule has 0 bridgehead atoms. The lowest BCUT2D eigenvalue weighted by Gasteiger charge is -2.12. The Balaban J connectivity index is 1.81. The number of fused-ring (bicyclic) bond motifs is 1. The number of rotatable bonds is 6. The van der Waals surface area contributed by atoms with Crippen LogP contribution in [0.4, 0.5) is 8.78 Å². The largest absolute Gasteiger partial charge is 0.497 e. The number of aromatic nitrogens is 1. The number of carbonyl (C=O) groups excluding carboxylic acids is 1. The van der Waals surface area contributed by atoms with Crippen LogP contribution in [0, 0.1) is 6.92 Å². The molecule has 3 rings (SSSR count). The summed E-state index contributed by atoms with van der Waals surface area (Å²) in [6.07, 6.45) is 0. The minimum Gasteiger partial charge on any atom is -0.497 e. The fourth-order valence-electron chi connectivity index (χ4n) is 2.74. The summed E-state index contributed by atoms with van der Waals surface area (Å²) in [6.45, 7) is -1.13. The Morgan fingerprint density at radius 1 is 1.19 bits per heavy atom. The molecule has 0 atom stereocenters. The van der Waals surface area contributed by atoms with E-state index in [4.69, 9.17) is 4.74 Å². The molecule has 1 amide bonds. The molecule has 0 fully saturated rings. The van der Waals surface area contributed by atoms with Gasteiger partial charge in [0.25, 0.3) is 5.91 Å². The zero-order chi connectivity index (χ0) is 19.4. The Kier molecular flexibility index (Phi) is 5.49. The minimum absolute atomic E-state index is 0.0332. The van der Waals surface area contributed by atoms with E-state index in [1.165, 1.54) is 6.07 Å². The highest BCUT2D eigenvalue weighted by Crippen LogP contribution is 2.23. The van der Waals surface area contributed by atoms with Crippen molar-refractivity contribution >= 4 is 16.8 Å². The fraction of sp³-hybridized carbons (Fsp3) is 0.200. The molecule has 0 unspecified atom stereocenters. The Morgan fingerprint density at radius 3 is 2.70 bits per heavy atom. The van der Waals surface area contributed by atoms with Crippen molar-refractivity contribution in [2.24, 2.45) is 0 Å². The molecule has 2 aromatic carbocycles. The minimum atomic E-state index is -2.93. The van der Waals surface area contributed by atoms with Gasteiger partial charge < -0.3 is 14.8 Å². The van der Waals surface area contributed by atoms with Gasteiger partial charge in [0, 0.05) is 17.5 Å². The third-order valence-electron chi connectivity index (χ3n) is 4.09. The maximum atomic E-state index is 12.6. The van der Waals surface area contributed by atoms with Crippen molar-refractivity contribution in [1.82, 2.24) is 10.3 Å². The normalized spacial score (nSPS) is 10.9. The number of aryl methyl sites for hydroxylation is 1. The Morgan fingerprint density at radius 2 is 1.96 bits per heavy atom. The van der Waals surface area contributed by atoms with Gasteiger partial charge in [-0.15, -0.1) is 0 Å². The van der Waals surface area contributed by atoms with Gasteiger partial charge in [0.2, 0.25) is 0 Å². The molecular formula is C20H18F2N2O3. The summed E-state index contributed by atoms with van der Waals surface area (Å²) in [6, 6.07) is 13.5. The van der Waals surface area contributed by atoms with Crippen molar-refractivity contribution in [2.45, 2.75) is 20.1 Å². The molecule has 140 valence electrons. The van der Waals surface area contributed by atoms with E-state index < -0.39 is 6.61 Å². The average molecular weight is 372 g/mol. The number of hydrogen-bond acceptors (Lipinski definition) is 4. The number of halogens is 2. The molecule has 0 aliphatic heterocycles. The van der Waals surface area contributed by atoms with E-state index in [0.717, 1.165) is 10.9 Å². The summed E-state index contributed by atoms with van der Waals surface area (Å²) >= 11 is 0. The number of nitrogens with zero attached hydrogens (tertiary/aromatic N) is 1. The zero-order valence-electron chi connectivity index (χ0n) is 14.8. The van der Waals surface area contributed by atoms with Crippen LogP contribution in [0.15, 0.2) is 48.5 Å². The van der Waals surface area contributed by atoms with Gasteiger partial charge in [-0.1, -0.05) is 18.2 Å². The smallest absolute Gasteiger partial charge is 0.387 e. The van der Waals surface area contributed by atoms with E-state index >= 15 is 0 Å². The molecule has 0 aliphatic rings. The first-order valence-electron chi connectivity index (χ1n) is 8.24. The van der Waals surface area contributed by atoms with Crippen LogP contribution < -0.4 is 14.8 Å². The summed E-state index contributed by atoms with van der Waals surface area (Å²) in [5.74, 6) is 0.347. The van der Waals surface area contributed by atoms with Crippen LogP contribution in [0.2, 0.25) is 0 Å². The summed E-state index contributed by atoms with van der Waals surface area (Å²) in [7, 11) is 1.56. The van der Waals surface area contributed by atoms with Crippen molar-refractivity contribution in [1.29, 1.82) is 0 Å². The van der Waals surface area contributed by atoms with E-state index in [-0.39, 0.29) is 18.2 Å². The van der Waals surface area contributed by atoms with E-state index in [1.807, 2.05) is 6.07 Å². The number of hydrogen-bond donors (Lipinski definition) is 1. The zero-order valence-corrected chi connectivity index (χ0v) is 14.8. The molecule has 1 N–H and O–H groups in total. The highest BCUT2D eigenvalue weighted by Gasteiger charge is 2.14. The number of pyridine rings is 1. The summed E-state index contributed by atoms with van der Waals surface area (Å²) in [5, 5.41) is 3.50. The highest BCUT2D eigenvalue weighted by atomic mass is 19.3. The van der Waals surface area contributed by atoms with Gasteiger partial charge in [-0.2, -0.15) is 8.78 Å². The highest BCUT2D eigenvalue weighted by molar-refractivity contribution is 5.98. The van der Waals surface area contributed by atoms with Gasteiger partial charge in [-0.25, -0.2) is 0 Å². The van der Waals surface area contributed by atoms with Crippen LogP contribution in [-0.2, 0) is 6.54 Å². The maximum absolute atomic E-state index is 12.6. The van der Waals surface area contributed by atoms with Gasteiger partial charge in [-0.05, 0) is 37.3 Å². The molecule has 5 nitrogen and oxygen atoms in total. The Labute approximate surface area is 154 Å². The lowest BCUT2D eigenvalue weighted by Crippen LogP contribution is -2.24. The van der Waals surface area contributed by atoms with Gasteiger partial charge >= 0.3 is 6.61 Å². The summed E-state index contributed by atoms with van der Waals surface area (Å²) in [5.41, 5.74) is 2.19. The predicted molar refractivity (Wildman–Crippen MR) is 97.3 cm³/mol. The number of para-hydroxylation sites is 1. The average Bonchev–Trinajstić information content (AvgIpc) is 2.65. The molecule has 0 spiro atoms. The van der Waals surface area contributed by atoms with E-state index in [0.29, 0.717) is 22.6 Å². The maximum Gasteiger partial charge on any atom is 0.387 e. The molecule has 0 saturated heterocycles. The lowest BCUT2D eigenvalue weighted by molar-refractivity contribution is -0.0504. The van der Waals surface area contributed by atoms with Gasteiger partial charge in [-0.3, -0.25) is 9.78 Å². The predicted octanol–water partition coefficient (Wildman–Crippen LogP) is 4.08. The molecule has 7 heteroatoms.